The van der Waals surface area contributed by atoms with Crippen molar-refractivity contribution in [2.45, 2.75) is 26.7 Å². The molecule has 0 rings (SSSR count). The maximum absolute atomic E-state index is 5.82. The van der Waals surface area contributed by atoms with Crippen LogP contribution in [0.4, 0.5) is 0 Å². The number of rotatable bonds is 30. The molecule has 0 aliphatic rings. The molecule has 0 aromatic rings. The van der Waals surface area contributed by atoms with Gasteiger partial charge in [-0.3, -0.25) is 14.7 Å². The van der Waals surface area contributed by atoms with Gasteiger partial charge in [-0.25, -0.2) is 0 Å². The Labute approximate surface area is 229 Å². The average Bonchev–Trinajstić information content (AvgIpc) is 2.89. The largest absolute Gasteiger partial charge is 0.329 e. The molecule has 0 aromatic heterocycles. The van der Waals surface area contributed by atoms with E-state index in [1.54, 1.807) is 0 Å². The normalized spacial score (nSPS) is 12.2. The molecule has 0 aromatic carbocycles. The van der Waals surface area contributed by atoms with Crippen LogP contribution in [0.15, 0.2) is 0 Å². The van der Waals surface area contributed by atoms with Gasteiger partial charge in [0, 0.05) is 131 Å². The molecular formula is C26H65N11. The number of nitrogens with one attached hydrogen (secondary N) is 3. The number of nitrogens with two attached hydrogens (primary N) is 4. The predicted octanol–water partition coefficient (Wildman–Crippen LogP) is -2.38. The Morgan fingerprint density at radius 1 is 0.351 bits per heavy atom. The van der Waals surface area contributed by atoms with E-state index in [0.29, 0.717) is 19.6 Å². The lowest BCUT2D eigenvalue weighted by Crippen LogP contribution is -2.46. The molecule has 0 amide bonds. The van der Waals surface area contributed by atoms with Gasteiger partial charge in [0.25, 0.3) is 0 Å². The van der Waals surface area contributed by atoms with Crippen LogP contribution in [0, 0.1) is 0 Å². The summed E-state index contributed by atoms with van der Waals surface area (Å²) in [7, 11) is 0. The molecule has 11 nitrogen and oxygen atoms in total. The molecule has 0 aliphatic heterocycles. The highest BCUT2D eigenvalue weighted by atomic mass is 15.2. The molecule has 0 unspecified atom stereocenters. The van der Waals surface area contributed by atoms with Gasteiger partial charge in [-0.2, -0.15) is 0 Å². The van der Waals surface area contributed by atoms with Crippen molar-refractivity contribution in [2.24, 2.45) is 22.9 Å². The van der Waals surface area contributed by atoms with Crippen LogP contribution >= 0.6 is 0 Å². The second-order valence-electron chi connectivity index (χ2n) is 9.77. The summed E-state index contributed by atoms with van der Waals surface area (Å²) >= 11 is 0. The highest BCUT2D eigenvalue weighted by Crippen LogP contribution is 1.96. The van der Waals surface area contributed by atoms with E-state index in [1.807, 2.05) is 0 Å². The molecule has 0 saturated carbocycles. The molecule has 224 valence electrons. The third-order valence-electron chi connectivity index (χ3n) is 6.51. The maximum Gasteiger partial charge on any atom is 0.0110 e. The van der Waals surface area contributed by atoms with Crippen LogP contribution < -0.4 is 38.9 Å². The van der Waals surface area contributed by atoms with Crippen LogP contribution in [0.25, 0.3) is 0 Å². The first-order valence-electron chi connectivity index (χ1n) is 15.0. The Hall–Kier alpha value is -0.440. The highest BCUT2D eigenvalue weighted by molar-refractivity contribution is 4.70. The number of nitrogens with zero attached hydrogens (tertiary/aromatic N) is 4. The lowest BCUT2D eigenvalue weighted by atomic mass is 10.3. The van der Waals surface area contributed by atoms with Crippen LogP contribution in [0.1, 0.15) is 26.7 Å². The Morgan fingerprint density at radius 3 is 1.08 bits per heavy atom. The van der Waals surface area contributed by atoms with E-state index in [1.165, 1.54) is 12.8 Å². The second-order valence-corrected chi connectivity index (χ2v) is 9.77. The molecule has 37 heavy (non-hydrogen) atoms. The first-order chi connectivity index (χ1) is 18.1. The fourth-order valence-corrected chi connectivity index (χ4v) is 4.37. The van der Waals surface area contributed by atoms with Gasteiger partial charge >= 0.3 is 0 Å². The SMILES string of the molecule is CCCNCCN(CCN(CCN)CCN)CCN(CCNCCN)CCNCCN(CCC)CCN. The fraction of sp³-hybridized carbons (Fsp3) is 1.00. The maximum atomic E-state index is 5.82. The molecular weight excluding hydrogens is 466 g/mol. The van der Waals surface area contributed by atoms with Crippen molar-refractivity contribution < 1.29 is 0 Å². The first kappa shape index (κ1) is 36.6. The van der Waals surface area contributed by atoms with Crippen molar-refractivity contribution in [3.8, 4) is 0 Å². The zero-order valence-electron chi connectivity index (χ0n) is 24.6. The van der Waals surface area contributed by atoms with Gasteiger partial charge < -0.3 is 43.8 Å². The summed E-state index contributed by atoms with van der Waals surface area (Å²) < 4.78 is 0. The van der Waals surface area contributed by atoms with Gasteiger partial charge in [-0.15, -0.1) is 0 Å². The van der Waals surface area contributed by atoms with Crippen LogP contribution in [-0.4, -0.2) is 164 Å². The summed E-state index contributed by atoms with van der Waals surface area (Å²) in [5.41, 5.74) is 23.1. The van der Waals surface area contributed by atoms with Gasteiger partial charge in [0.15, 0.2) is 0 Å². The molecule has 0 spiro atoms. The zero-order valence-corrected chi connectivity index (χ0v) is 24.6. The van der Waals surface area contributed by atoms with E-state index in [9.17, 15) is 0 Å². The van der Waals surface area contributed by atoms with E-state index in [4.69, 9.17) is 22.9 Å². The van der Waals surface area contributed by atoms with Crippen molar-refractivity contribution in [1.82, 2.24) is 35.6 Å². The second kappa shape index (κ2) is 28.6. The van der Waals surface area contributed by atoms with E-state index >= 15 is 0 Å². The molecule has 0 saturated heterocycles. The highest BCUT2D eigenvalue weighted by Gasteiger charge is 2.12. The zero-order chi connectivity index (χ0) is 27.4. The molecule has 0 heterocycles. The standard InChI is InChI=1S/C26H65N11/c1-3-9-31-11-22-37(25-23-35(17-7-29)18-8-30)26-24-36(20-12-32-10-5-27)21-14-33-13-19-34(15-4-2)16-6-28/h31-33H,3-30H2,1-2H3. The van der Waals surface area contributed by atoms with Gasteiger partial charge in [-0.05, 0) is 25.9 Å². The Morgan fingerprint density at radius 2 is 0.703 bits per heavy atom. The Bertz CT molecular complexity index is 433. The monoisotopic (exact) mass is 532 g/mol. The molecule has 0 radical (unpaired) electrons. The van der Waals surface area contributed by atoms with Crippen LogP contribution in [0.2, 0.25) is 0 Å². The predicted molar refractivity (Wildman–Crippen MR) is 161 cm³/mol. The molecule has 0 aliphatic carbocycles. The van der Waals surface area contributed by atoms with Crippen LogP contribution in [0.3, 0.4) is 0 Å². The van der Waals surface area contributed by atoms with Crippen molar-refractivity contribution in [3.63, 3.8) is 0 Å². The lowest BCUT2D eigenvalue weighted by Gasteiger charge is -2.30. The van der Waals surface area contributed by atoms with Crippen molar-refractivity contribution in [3.05, 3.63) is 0 Å². The minimum atomic E-state index is 0.678. The van der Waals surface area contributed by atoms with Gasteiger partial charge in [-0.1, -0.05) is 13.8 Å². The minimum Gasteiger partial charge on any atom is -0.329 e. The Kier molecular flexibility index (Phi) is 28.2. The van der Waals surface area contributed by atoms with Crippen molar-refractivity contribution >= 4 is 0 Å². The summed E-state index contributed by atoms with van der Waals surface area (Å²) in [5, 5.41) is 10.7. The Balaban J connectivity index is 4.75. The fourth-order valence-electron chi connectivity index (χ4n) is 4.37. The summed E-state index contributed by atoms with van der Waals surface area (Å²) in [4.78, 5) is 10.00. The van der Waals surface area contributed by atoms with Gasteiger partial charge in [0.05, 0.1) is 0 Å². The molecule has 0 fully saturated rings. The number of hydrogen-bond acceptors (Lipinski definition) is 11. The smallest absolute Gasteiger partial charge is 0.0110 e. The molecule has 0 atom stereocenters. The number of hydrogen-bond donors (Lipinski definition) is 7. The van der Waals surface area contributed by atoms with E-state index in [2.05, 4.69) is 49.4 Å². The van der Waals surface area contributed by atoms with Crippen molar-refractivity contribution in [1.29, 1.82) is 0 Å². The third kappa shape index (κ3) is 23.2. The van der Waals surface area contributed by atoms with E-state index in [-0.39, 0.29) is 0 Å². The summed E-state index contributed by atoms with van der Waals surface area (Å²) in [5.74, 6) is 0. The molecule has 11 N–H and O–H groups in total. The van der Waals surface area contributed by atoms with E-state index in [0.717, 1.165) is 124 Å². The minimum absolute atomic E-state index is 0.678. The van der Waals surface area contributed by atoms with Crippen LogP contribution in [-0.2, 0) is 0 Å². The summed E-state index contributed by atoms with van der Waals surface area (Å²) in [6.07, 6.45) is 2.34. The summed E-state index contributed by atoms with van der Waals surface area (Å²) in [6, 6.07) is 0. The topological polar surface area (TPSA) is 153 Å². The molecule has 11 heteroatoms. The average molecular weight is 532 g/mol. The van der Waals surface area contributed by atoms with E-state index < -0.39 is 0 Å². The molecule has 0 bridgehead atoms. The summed E-state index contributed by atoms with van der Waals surface area (Å²) in [6.45, 7) is 25.4. The third-order valence-corrected chi connectivity index (χ3v) is 6.51. The van der Waals surface area contributed by atoms with Crippen LogP contribution in [0.5, 0.6) is 0 Å². The van der Waals surface area contributed by atoms with Crippen molar-refractivity contribution in [2.75, 3.05) is 144 Å². The van der Waals surface area contributed by atoms with Gasteiger partial charge in [0.2, 0.25) is 0 Å². The first-order valence-corrected chi connectivity index (χ1v) is 15.0. The quantitative estimate of drug-likeness (QED) is 0.0497. The van der Waals surface area contributed by atoms with Gasteiger partial charge in [0.1, 0.15) is 0 Å². The lowest BCUT2D eigenvalue weighted by molar-refractivity contribution is 0.178.